The van der Waals surface area contributed by atoms with Crippen LogP contribution >= 0.6 is 0 Å². The lowest BCUT2D eigenvalue weighted by molar-refractivity contribution is 0.171. The molecule has 21 heavy (non-hydrogen) atoms. The number of amides is 1. The molecule has 0 bridgehead atoms. The van der Waals surface area contributed by atoms with Crippen LogP contribution in [0.1, 0.15) is 25.3 Å². The first-order valence-corrected chi connectivity index (χ1v) is 8.50. The molecule has 0 atom stereocenters. The van der Waals surface area contributed by atoms with Crippen molar-refractivity contribution in [3.63, 3.8) is 0 Å². The van der Waals surface area contributed by atoms with Gasteiger partial charge in [-0.25, -0.2) is 13.2 Å². The highest BCUT2D eigenvalue weighted by Crippen LogP contribution is 2.21. The number of benzene rings is 1. The quantitative estimate of drug-likeness (QED) is 0.870. The Kier molecular flexibility index (Phi) is 6.02. The second-order valence-electron chi connectivity index (χ2n) is 5.00. The second-order valence-corrected chi connectivity index (χ2v) is 6.91. The number of nitrogens with one attached hydrogen (secondary N) is 1. The van der Waals surface area contributed by atoms with Crippen LogP contribution < -0.4 is 9.62 Å². The van der Waals surface area contributed by atoms with Gasteiger partial charge in [0.15, 0.2) is 0 Å². The van der Waals surface area contributed by atoms with Crippen molar-refractivity contribution in [3.05, 3.63) is 29.8 Å². The van der Waals surface area contributed by atoms with E-state index < -0.39 is 16.1 Å². The Labute approximate surface area is 126 Å². The highest BCUT2D eigenvalue weighted by molar-refractivity contribution is 7.92. The number of hydrogen-bond donors (Lipinski definition) is 1. The summed E-state index contributed by atoms with van der Waals surface area (Å²) >= 11 is 0. The third-order valence-electron chi connectivity index (χ3n) is 3.02. The summed E-state index contributed by atoms with van der Waals surface area (Å²) in [4.78, 5) is 11.0. The van der Waals surface area contributed by atoms with E-state index in [1.165, 1.54) is 11.4 Å². The summed E-state index contributed by atoms with van der Waals surface area (Å²) in [6.07, 6.45) is 0.556. The number of ether oxygens (including phenoxy) is 1. The summed E-state index contributed by atoms with van der Waals surface area (Å²) in [5.41, 5.74) is 1.72. The molecule has 0 aliphatic heterocycles. The maximum Gasteiger partial charge on any atom is 0.406 e. The van der Waals surface area contributed by atoms with Crippen molar-refractivity contribution in [2.45, 2.75) is 19.8 Å². The third kappa shape index (κ3) is 5.26. The molecule has 0 heterocycles. The summed E-state index contributed by atoms with van der Waals surface area (Å²) in [5.74, 6) is 0.381. The second kappa shape index (κ2) is 7.31. The largest absolute Gasteiger partial charge is 0.453 e. The van der Waals surface area contributed by atoms with Gasteiger partial charge in [-0.15, -0.1) is 0 Å². The van der Waals surface area contributed by atoms with E-state index in [1.807, 2.05) is 12.1 Å². The maximum absolute atomic E-state index is 11.9. The molecule has 6 nitrogen and oxygen atoms in total. The minimum absolute atomic E-state index is 0.148. The molecule has 1 amide bonds. The molecule has 118 valence electrons. The molecule has 0 radical (unpaired) electrons. The molecule has 1 rings (SSSR count). The van der Waals surface area contributed by atoms with Gasteiger partial charge in [0, 0.05) is 6.54 Å². The fourth-order valence-corrected chi connectivity index (χ4v) is 2.77. The molecule has 0 unspecified atom stereocenters. The normalized spacial score (nSPS) is 11.3. The van der Waals surface area contributed by atoms with Crippen molar-refractivity contribution in [1.29, 1.82) is 0 Å². The van der Waals surface area contributed by atoms with E-state index in [0.29, 0.717) is 11.6 Å². The van der Waals surface area contributed by atoms with E-state index in [1.54, 1.807) is 12.1 Å². The Morgan fingerprint density at radius 1 is 1.29 bits per heavy atom. The van der Waals surface area contributed by atoms with Gasteiger partial charge in [0.05, 0.1) is 25.6 Å². The van der Waals surface area contributed by atoms with Crippen molar-refractivity contribution in [2.24, 2.45) is 0 Å². The van der Waals surface area contributed by atoms with Gasteiger partial charge in [-0.3, -0.25) is 4.31 Å². The van der Waals surface area contributed by atoms with Crippen LogP contribution in [-0.2, 0) is 14.8 Å². The van der Waals surface area contributed by atoms with Crippen LogP contribution in [0.3, 0.4) is 0 Å². The fourth-order valence-electron chi connectivity index (χ4n) is 1.84. The molecule has 0 aromatic heterocycles. The average Bonchev–Trinajstić information content (AvgIpc) is 2.42. The van der Waals surface area contributed by atoms with Crippen LogP contribution in [0.4, 0.5) is 10.5 Å². The lowest BCUT2D eigenvalue weighted by Crippen LogP contribution is -2.38. The zero-order chi connectivity index (χ0) is 16.0. The first-order valence-electron chi connectivity index (χ1n) is 6.65. The van der Waals surface area contributed by atoms with E-state index in [-0.39, 0.29) is 13.1 Å². The number of anilines is 1. The fraction of sp³-hybridized carbons (Fsp3) is 0.500. The number of rotatable bonds is 6. The van der Waals surface area contributed by atoms with Crippen LogP contribution in [0.15, 0.2) is 24.3 Å². The third-order valence-corrected chi connectivity index (χ3v) is 4.21. The number of methoxy groups -OCH3 is 1. The lowest BCUT2D eigenvalue weighted by Gasteiger charge is -2.23. The molecule has 7 heteroatoms. The van der Waals surface area contributed by atoms with Gasteiger partial charge >= 0.3 is 6.09 Å². The molecule has 1 aromatic carbocycles. The molecule has 0 spiro atoms. The molecule has 0 aliphatic carbocycles. The van der Waals surface area contributed by atoms with Crippen LogP contribution in [0, 0.1) is 0 Å². The average molecular weight is 314 g/mol. The summed E-state index contributed by atoms with van der Waals surface area (Å²) in [5, 5.41) is 2.47. The van der Waals surface area contributed by atoms with Crippen molar-refractivity contribution in [1.82, 2.24) is 5.32 Å². The monoisotopic (exact) mass is 314 g/mol. The van der Waals surface area contributed by atoms with Crippen LogP contribution in [0.25, 0.3) is 0 Å². The molecule has 1 aromatic rings. The number of hydrogen-bond acceptors (Lipinski definition) is 4. The zero-order valence-electron chi connectivity index (χ0n) is 12.8. The van der Waals surface area contributed by atoms with E-state index in [0.717, 1.165) is 11.8 Å². The van der Waals surface area contributed by atoms with Crippen LogP contribution in [-0.4, -0.2) is 41.0 Å². The van der Waals surface area contributed by atoms with Gasteiger partial charge in [-0.2, -0.15) is 0 Å². The number of nitrogens with zero attached hydrogens (tertiary/aromatic N) is 1. The standard InChI is InChI=1S/C14H22N2O4S/c1-11(2)12-5-7-13(8-6-12)16(21(4,18)19)10-9-15-14(17)20-3/h5-8,11H,9-10H2,1-4H3,(H,15,17). The first-order chi connectivity index (χ1) is 9.75. The van der Waals surface area contributed by atoms with Crippen molar-refractivity contribution in [3.8, 4) is 0 Å². The Morgan fingerprint density at radius 3 is 2.29 bits per heavy atom. The van der Waals surface area contributed by atoms with E-state index in [2.05, 4.69) is 23.9 Å². The molecular formula is C14H22N2O4S. The smallest absolute Gasteiger partial charge is 0.406 e. The number of carbonyl (C=O) groups is 1. The van der Waals surface area contributed by atoms with Gasteiger partial charge in [0.2, 0.25) is 10.0 Å². The summed E-state index contributed by atoms with van der Waals surface area (Å²) < 4.78 is 29.5. The van der Waals surface area contributed by atoms with Gasteiger partial charge in [0.1, 0.15) is 0 Å². The SMILES string of the molecule is COC(=O)NCCN(c1ccc(C(C)C)cc1)S(C)(=O)=O. The molecule has 0 aliphatic rings. The highest BCUT2D eigenvalue weighted by Gasteiger charge is 2.17. The Morgan fingerprint density at radius 2 is 1.86 bits per heavy atom. The summed E-state index contributed by atoms with van der Waals surface area (Å²) in [7, 11) is -2.16. The van der Waals surface area contributed by atoms with Gasteiger partial charge < -0.3 is 10.1 Å². The zero-order valence-corrected chi connectivity index (χ0v) is 13.6. The molecular weight excluding hydrogens is 292 g/mol. The van der Waals surface area contributed by atoms with E-state index in [4.69, 9.17) is 0 Å². The predicted molar refractivity (Wildman–Crippen MR) is 83.1 cm³/mol. The van der Waals surface area contributed by atoms with E-state index >= 15 is 0 Å². The van der Waals surface area contributed by atoms with Crippen LogP contribution in [0.5, 0.6) is 0 Å². The highest BCUT2D eigenvalue weighted by atomic mass is 32.2. The molecule has 0 saturated carbocycles. The number of sulfonamides is 1. The topological polar surface area (TPSA) is 75.7 Å². The molecule has 0 saturated heterocycles. The summed E-state index contributed by atoms with van der Waals surface area (Å²) in [6, 6.07) is 7.36. The molecule has 0 fully saturated rings. The van der Waals surface area contributed by atoms with Gasteiger partial charge in [-0.05, 0) is 23.6 Å². The minimum Gasteiger partial charge on any atom is -0.453 e. The Bertz CT molecular complexity index is 567. The first kappa shape index (κ1) is 17.3. The summed E-state index contributed by atoms with van der Waals surface area (Å²) in [6.45, 7) is 4.47. The van der Waals surface area contributed by atoms with Gasteiger partial charge in [-0.1, -0.05) is 26.0 Å². The minimum atomic E-state index is -3.41. The van der Waals surface area contributed by atoms with Crippen molar-refractivity contribution >= 4 is 21.8 Å². The number of carbonyl (C=O) groups excluding carboxylic acids is 1. The lowest BCUT2D eigenvalue weighted by atomic mass is 10.0. The molecule has 1 N–H and O–H groups in total. The van der Waals surface area contributed by atoms with Crippen molar-refractivity contribution < 1.29 is 17.9 Å². The number of alkyl carbamates (subject to hydrolysis) is 1. The Balaban J connectivity index is 2.85. The van der Waals surface area contributed by atoms with Crippen molar-refractivity contribution in [2.75, 3.05) is 30.8 Å². The Hall–Kier alpha value is -1.76. The van der Waals surface area contributed by atoms with E-state index in [9.17, 15) is 13.2 Å². The van der Waals surface area contributed by atoms with Gasteiger partial charge in [0.25, 0.3) is 0 Å². The maximum atomic E-state index is 11.9. The van der Waals surface area contributed by atoms with Crippen LogP contribution in [0.2, 0.25) is 0 Å². The predicted octanol–water partition coefficient (Wildman–Crippen LogP) is 1.93.